The average molecular weight is 580 g/mol. The number of hydrogen-bond acceptors (Lipinski definition) is 6. The summed E-state index contributed by atoms with van der Waals surface area (Å²) < 4.78 is 69.5. The first-order valence-corrected chi connectivity index (χ1v) is 14.2. The van der Waals surface area contributed by atoms with Crippen LogP contribution in [0.5, 0.6) is 5.75 Å². The third-order valence-corrected chi connectivity index (χ3v) is 7.94. The quantitative estimate of drug-likeness (QED) is 0.239. The van der Waals surface area contributed by atoms with E-state index in [0.717, 1.165) is 29.6 Å². The van der Waals surface area contributed by atoms with Crippen LogP contribution in [-0.4, -0.2) is 99.1 Å². The Labute approximate surface area is 249 Å². The van der Waals surface area contributed by atoms with E-state index in [9.17, 15) is 31.0 Å². The Morgan fingerprint density at radius 2 is 1.41 bits per heavy atom. The van der Waals surface area contributed by atoms with E-state index in [-0.39, 0.29) is 40.5 Å². The molecule has 0 spiro atoms. The molecule has 0 fully saturated rings. The molecule has 0 atom stereocenters. The second-order valence-electron chi connectivity index (χ2n) is 9.19. The third kappa shape index (κ3) is 6.36. The number of phenols is 1. The van der Waals surface area contributed by atoms with Gasteiger partial charge in [0.25, 0.3) is 20.2 Å². The molecule has 0 bridgehead atoms. The van der Waals surface area contributed by atoms with E-state index < -0.39 is 35.8 Å². The molecule has 1 aliphatic carbocycles. The van der Waals surface area contributed by atoms with Gasteiger partial charge in [-0.25, -0.2) is 4.58 Å². The van der Waals surface area contributed by atoms with Gasteiger partial charge in [-0.2, -0.15) is 16.8 Å². The fraction of sp³-hybridized carbons (Fsp3) is 0.148. The summed E-state index contributed by atoms with van der Waals surface area (Å²) in [5.41, 5.74) is 3.62. The maximum atomic E-state index is 12.3. The van der Waals surface area contributed by atoms with Crippen molar-refractivity contribution in [3.05, 3.63) is 89.5 Å². The molecule has 1 aliphatic rings. The van der Waals surface area contributed by atoms with E-state index in [0.29, 0.717) is 22.1 Å². The molecule has 0 aromatic heterocycles. The topological polar surface area (TPSA) is 135 Å². The number of allylic oxidation sites excluding steroid dienone is 5. The van der Waals surface area contributed by atoms with Gasteiger partial charge in [0.05, 0.1) is 4.90 Å². The normalized spacial score (nSPS) is 13.4. The van der Waals surface area contributed by atoms with Crippen LogP contribution in [0.25, 0.3) is 16.3 Å². The monoisotopic (exact) mass is 579 g/mol. The number of aromatic hydroxyl groups is 1. The molecule has 0 saturated heterocycles. The molecule has 4 rings (SSSR count). The van der Waals surface area contributed by atoms with Gasteiger partial charge >= 0.3 is 29.6 Å². The molecule has 3 aromatic carbocycles. The van der Waals surface area contributed by atoms with E-state index in [1.807, 2.05) is 86.2 Å². The fourth-order valence-electron chi connectivity index (χ4n) is 4.27. The van der Waals surface area contributed by atoms with Crippen LogP contribution in [0, 0.1) is 0 Å². The minimum absolute atomic E-state index is 0. The SMILES string of the molecule is CN(C)c1ccc(C(=C2C=CC(=[N+](C)C)C=C2)c2c(O)c(S(=O)(=O)O)cc3cc(S(=O)(=O)O)ccc23)cc1.[NaH]. The van der Waals surface area contributed by atoms with Crippen LogP contribution in [0.1, 0.15) is 11.1 Å². The molecule has 3 aromatic rings. The second-order valence-corrected chi connectivity index (χ2v) is 12.0. The van der Waals surface area contributed by atoms with Crippen molar-refractivity contribution >= 4 is 77.5 Å². The van der Waals surface area contributed by atoms with Crippen LogP contribution in [0.2, 0.25) is 0 Å². The minimum atomic E-state index is -4.92. The first-order chi connectivity index (χ1) is 17.7. The van der Waals surface area contributed by atoms with Crippen molar-refractivity contribution in [3.8, 4) is 5.75 Å². The predicted molar refractivity (Wildman–Crippen MR) is 155 cm³/mol. The number of hydrogen-bond donors (Lipinski definition) is 3. The Morgan fingerprint density at radius 3 is 1.90 bits per heavy atom. The van der Waals surface area contributed by atoms with Gasteiger partial charge in [-0.15, -0.1) is 0 Å². The molecule has 12 heteroatoms. The van der Waals surface area contributed by atoms with Crippen LogP contribution in [0.4, 0.5) is 5.69 Å². The van der Waals surface area contributed by atoms with E-state index >= 15 is 0 Å². The molecule has 3 N–H and O–H groups in total. The van der Waals surface area contributed by atoms with Crippen molar-refractivity contribution in [2.24, 2.45) is 0 Å². The van der Waals surface area contributed by atoms with Crippen LogP contribution < -0.4 is 4.90 Å². The molecule has 0 unspecified atom stereocenters. The Kier molecular flexibility index (Phi) is 8.98. The van der Waals surface area contributed by atoms with E-state index in [4.69, 9.17) is 0 Å². The van der Waals surface area contributed by atoms with Crippen LogP contribution >= 0.6 is 0 Å². The molecular formula is C27H28N2NaO7S2+. The number of benzene rings is 3. The zero-order valence-corrected chi connectivity index (χ0v) is 22.7. The molecule has 0 heterocycles. The summed E-state index contributed by atoms with van der Waals surface area (Å²) in [4.78, 5) is 0.660. The zero-order chi connectivity index (χ0) is 28.0. The van der Waals surface area contributed by atoms with Crippen LogP contribution in [0.3, 0.4) is 0 Å². The first kappa shape index (κ1) is 30.8. The maximum absolute atomic E-state index is 12.3. The molecule has 0 aliphatic heterocycles. The number of fused-ring (bicyclic) bond motifs is 1. The summed E-state index contributed by atoms with van der Waals surface area (Å²) in [6, 6.07) is 12.0. The van der Waals surface area contributed by atoms with Gasteiger partial charge in [0, 0.05) is 43.1 Å². The molecule has 9 nitrogen and oxygen atoms in total. The van der Waals surface area contributed by atoms with Gasteiger partial charge in [-0.3, -0.25) is 9.11 Å². The summed E-state index contributed by atoms with van der Waals surface area (Å²) in [5.74, 6) is -0.692. The van der Waals surface area contributed by atoms with Crippen LogP contribution in [-0.2, 0) is 20.2 Å². The average Bonchev–Trinajstić information content (AvgIpc) is 2.84. The third-order valence-electron chi connectivity index (χ3n) is 6.22. The van der Waals surface area contributed by atoms with Crippen molar-refractivity contribution in [2.45, 2.75) is 9.79 Å². The van der Waals surface area contributed by atoms with E-state index in [2.05, 4.69) is 0 Å². The van der Waals surface area contributed by atoms with Crippen molar-refractivity contribution in [1.82, 2.24) is 0 Å². The Bertz CT molecular complexity index is 1780. The fourth-order valence-corrected chi connectivity index (χ4v) is 5.40. The summed E-state index contributed by atoms with van der Waals surface area (Å²) >= 11 is 0. The van der Waals surface area contributed by atoms with Gasteiger partial charge in [0.15, 0.2) is 5.71 Å². The van der Waals surface area contributed by atoms with Gasteiger partial charge in [0.2, 0.25) is 0 Å². The van der Waals surface area contributed by atoms with Gasteiger partial charge in [0.1, 0.15) is 24.7 Å². The Morgan fingerprint density at radius 1 is 0.821 bits per heavy atom. The zero-order valence-electron chi connectivity index (χ0n) is 21.1. The van der Waals surface area contributed by atoms with Gasteiger partial charge in [-0.05, 0) is 64.4 Å². The van der Waals surface area contributed by atoms with Crippen molar-refractivity contribution in [3.63, 3.8) is 0 Å². The summed E-state index contributed by atoms with van der Waals surface area (Å²) in [5, 5.41) is 11.7. The number of phenolic OH excluding ortho intramolecular Hbond substituents is 1. The number of anilines is 1. The summed E-state index contributed by atoms with van der Waals surface area (Å²) in [6.07, 6.45) is 7.38. The predicted octanol–water partition coefficient (Wildman–Crippen LogP) is 3.10. The van der Waals surface area contributed by atoms with Crippen LogP contribution in [0.15, 0.2) is 88.2 Å². The standard InChI is InChI=1S/C27H26N2O7S2.Na.H/c1-28(2)20-9-5-17(6-10-20)25(18-7-11-21(12-8-18)29(3)4)26-23-14-13-22(37(31,32)33)15-19(23)16-24(27(26)30)38(34,35)36;;/h5-16H,1-4H3,(H2,31,32,33,34,35,36);;/p+1. The van der Waals surface area contributed by atoms with Gasteiger partial charge < -0.3 is 10.0 Å². The second kappa shape index (κ2) is 11.4. The van der Waals surface area contributed by atoms with E-state index in [1.165, 1.54) is 6.07 Å². The van der Waals surface area contributed by atoms with Gasteiger partial charge in [-0.1, -0.05) is 18.2 Å². The first-order valence-electron chi connectivity index (χ1n) is 11.4. The molecule has 0 radical (unpaired) electrons. The molecular weight excluding hydrogens is 551 g/mol. The Balaban J connectivity index is 0.00000420. The molecule has 0 amide bonds. The molecule has 39 heavy (non-hydrogen) atoms. The van der Waals surface area contributed by atoms with Crippen molar-refractivity contribution in [1.29, 1.82) is 0 Å². The number of nitrogens with zero attached hydrogens (tertiary/aromatic N) is 2. The summed E-state index contributed by atoms with van der Waals surface area (Å²) in [7, 11) is -1.96. The molecule has 200 valence electrons. The number of rotatable bonds is 5. The molecule has 0 saturated carbocycles. The summed E-state index contributed by atoms with van der Waals surface area (Å²) in [6.45, 7) is 0. The van der Waals surface area contributed by atoms with E-state index in [1.54, 1.807) is 0 Å². The Hall–Kier alpha value is -2.77. The van der Waals surface area contributed by atoms with Crippen molar-refractivity contribution < 1.29 is 35.6 Å². The van der Waals surface area contributed by atoms with Crippen molar-refractivity contribution in [2.75, 3.05) is 33.1 Å².